The summed E-state index contributed by atoms with van der Waals surface area (Å²) in [6.45, 7) is -13.9. The van der Waals surface area contributed by atoms with Gasteiger partial charge >= 0.3 is 0 Å². The first kappa shape index (κ1) is 8.48. The molecule has 1 heterocycles. The molecule has 34 heavy (non-hydrogen) atoms. The Bertz CT molecular complexity index is 2030. The predicted octanol–water partition coefficient (Wildman–Crippen LogP) is 5.09. The van der Waals surface area contributed by atoms with Crippen molar-refractivity contribution in [3.63, 3.8) is 0 Å². The second kappa shape index (κ2) is 10.3. The zero-order valence-corrected chi connectivity index (χ0v) is 18.2. The molecule has 0 aromatic heterocycles. The highest BCUT2D eigenvalue weighted by Crippen LogP contribution is 2.39. The second-order valence-electron chi connectivity index (χ2n) is 7.33. The van der Waals surface area contributed by atoms with Gasteiger partial charge in [0.2, 0.25) is 5.91 Å². The molecule has 0 aliphatic carbocycles. The van der Waals surface area contributed by atoms with Crippen LogP contribution in [0.5, 0.6) is 0 Å². The van der Waals surface area contributed by atoms with Gasteiger partial charge in [-0.3, -0.25) is 4.79 Å². The minimum atomic E-state index is -4.45. The zero-order chi connectivity index (χ0) is 45.0. The third kappa shape index (κ3) is 4.90. The number of nitrogens with zero attached hydrogens (tertiary/aromatic N) is 2. The number of likely N-dealkylation sites (tertiary alicyclic amines) is 1. The maximum atomic E-state index is 15.3. The van der Waals surface area contributed by atoms with E-state index in [9.17, 15) is 10.6 Å². The molecule has 0 spiro atoms. The van der Waals surface area contributed by atoms with Gasteiger partial charge in [-0.25, -0.2) is 0 Å². The first-order valence-corrected chi connectivity index (χ1v) is 10.2. The van der Waals surface area contributed by atoms with Crippen molar-refractivity contribution in [2.24, 2.45) is 0 Å². The number of hydrogen-bond donors (Lipinski definition) is 1. The molecule has 3 aromatic carbocycles. The molecule has 1 amide bonds. The minimum Gasteiger partial charge on any atom is -0.385 e. The molecule has 0 radical (unpaired) electrons. The van der Waals surface area contributed by atoms with Gasteiger partial charge in [0.05, 0.1) is 24.8 Å². The monoisotopic (exact) mass is 500 g/mol. The fourth-order valence-electron chi connectivity index (χ4n) is 3.49. The van der Waals surface area contributed by atoms with Crippen LogP contribution in [0.1, 0.15) is 68.8 Å². The Morgan fingerprint density at radius 1 is 1.03 bits per heavy atom. The molecule has 5 heteroatoms. The van der Waals surface area contributed by atoms with Gasteiger partial charge < -0.3 is 14.9 Å². The summed E-state index contributed by atoms with van der Waals surface area (Å²) in [7, 11) is 0. The Balaban J connectivity index is 2.23. The summed E-state index contributed by atoms with van der Waals surface area (Å²) in [5, 5.41) is 11.1. The van der Waals surface area contributed by atoms with E-state index in [1.165, 1.54) is 0 Å². The highest BCUT2D eigenvalue weighted by molar-refractivity contribution is 6.30. The molecule has 0 saturated carbocycles. The van der Waals surface area contributed by atoms with Crippen LogP contribution >= 0.6 is 11.6 Å². The van der Waals surface area contributed by atoms with Crippen LogP contribution in [0, 0.1) is 0 Å². The summed E-state index contributed by atoms with van der Waals surface area (Å²) >= 11 is 5.91. The first-order chi connectivity index (χ1) is 26.1. The summed E-state index contributed by atoms with van der Waals surface area (Å²) < 4.78 is 204. The van der Waals surface area contributed by atoms with Crippen LogP contribution < -0.4 is 0 Å². The summed E-state index contributed by atoms with van der Waals surface area (Å²) in [4.78, 5) is 14.9. The number of amides is 1. The average Bonchev–Trinajstić information content (AvgIpc) is 3.11. The lowest BCUT2D eigenvalue weighted by Gasteiger charge is -2.41. The van der Waals surface area contributed by atoms with Gasteiger partial charge in [-0.05, 0) is 54.5 Å². The predicted molar refractivity (Wildman–Crippen MR) is 138 cm³/mol. The number of likely N-dealkylation sites (N-methyl/N-ethyl adjacent to an activating group) is 1. The standard InChI is InChI=1S/C29H33ClN2O2/c1-31(2)27(33)29(24-9-5-3-6-10-24,25-11-7-4-8-12-25)19-22-32-20-17-28(34,18-21-32)23-13-15-26(30)16-14-23/h3-16,34H,17-22H2,1-2H3/i1D3,2D3,3D,4D,5D,6D,7D,8D,9D,10D,11D,12D,13D,14D,15D,16D,19D2,22D2. The van der Waals surface area contributed by atoms with Gasteiger partial charge in [-0.2, -0.15) is 0 Å². The van der Waals surface area contributed by atoms with E-state index in [1.54, 1.807) is 0 Å². The Kier molecular flexibility index (Phi) is 2.57. The van der Waals surface area contributed by atoms with Crippen LogP contribution in [0.3, 0.4) is 0 Å². The zero-order valence-electron chi connectivity index (χ0n) is 41.5. The minimum absolute atomic E-state index is 0.551. The van der Waals surface area contributed by atoms with E-state index in [4.69, 9.17) is 39.0 Å². The van der Waals surface area contributed by atoms with Crippen molar-refractivity contribution in [1.29, 1.82) is 0 Å². The number of halogens is 1. The molecule has 4 nitrogen and oxygen atoms in total. The average molecular weight is 501 g/mol. The van der Waals surface area contributed by atoms with Gasteiger partial charge in [0.1, 0.15) is 5.41 Å². The van der Waals surface area contributed by atoms with Crippen molar-refractivity contribution in [2.45, 2.75) is 30.2 Å². The number of carbonyl (C=O) groups is 1. The molecule has 4 rings (SSSR count). The maximum Gasteiger partial charge on any atom is 0.237 e. The summed E-state index contributed by atoms with van der Waals surface area (Å²) in [6.07, 6.45) is -5.89. The SMILES string of the molecule is [2H]c1c([2H])c([2H])c(C(C(=O)N(C([2H])([2H])[2H])C([2H])([2H])[2H])(c2c([2H])c([2H])c([2H])c([2H])c2[2H])C([2H])([2H])C([2H])([2H])N2CCC(O)(c3c([2H])c([2H])c(Cl)c([2H])c3[2H])CC2)c([2H])c1[2H]. The van der Waals surface area contributed by atoms with E-state index in [0.717, 1.165) is 0 Å². The van der Waals surface area contributed by atoms with Gasteiger partial charge in [0.15, 0.2) is 0 Å². The molecule has 1 aliphatic rings. The molecule has 0 bridgehead atoms. The molecule has 1 fully saturated rings. The summed E-state index contributed by atoms with van der Waals surface area (Å²) in [5.74, 6) is -2.61. The number of aliphatic hydroxyl groups is 1. The van der Waals surface area contributed by atoms with E-state index in [1.807, 2.05) is 0 Å². The lowest BCUT2D eigenvalue weighted by Crippen LogP contribution is -2.48. The molecule has 178 valence electrons. The second-order valence-corrected chi connectivity index (χ2v) is 7.71. The van der Waals surface area contributed by atoms with Crippen LogP contribution in [0.4, 0.5) is 0 Å². The van der Waals surface area contributed by atoms with Crippen molar-refractivity contribution in [2.75, 3.05) is 33.5 Å². The molecule has 1 saturated heterocycles. The number of benzene rings is 3. The molecule has 0 atom stereocenters. The third-order valence-electron chi connectivity index (χ3n) is 5.33. The normalized spacial score (nSPS) is 27.9. The quantitative estimate of drug-likeness (QED) is 0.491. The molecular weight excluding hydrogens is 444 g/mol. The summed E-state index contributed by atoms with van der Waals surface area (Å²) in [6, 6.07) is -17.1. The van der Waals surface area contributed by atoms with Crippen LogP contribution in [0.2, 0.25) is 5.02 Å². The smallest absolute Gasteiger partial charge is 0.237 e. The Labute approximate surface area is 241 Å². The Hall–Kier alpha value is -2.66. The van der Waals surface area contributed by atoms with Crippen molar-refractivity contribution < 1.29 is 42.8 Å². The topological polar surface area (TPSA) is 43.8 Å². The number of carbonyl (C=O) groups excluding carboxylic acids is 1. The van der Waals surface area contributed by atoms with E-state index >= 15 is 4.79 Å². The van der Waals surface area contributed by atoms with Crippen molar-refractivity contribution >= 4 is 17.5 Å². The van der Waals surface area contributed by atoms with Crippen LogP contribution in [-0.4, -0.2) is 54.4 Å². The fraction of sp³-hybridized carbons (Fsp3) is 0.345. The Morgan fingerprint density at radius 3 is 2.06 bits per heavy atom. The van der Waals surface area contributed by atoms with Crippen LogP contribution in [-0.2, 0) is 15.8 Å². The van der Waals surface area contributed by atoms with Gasteiger partial charge in [0.25, 0.3) is 0 Å². The lowest BCUT2D eigenvalue weighted by atomic mass is 9.70. The highest BCUT2D eigenvalue weighted by atomic mass is 35.5. The van der Waals surface area contributed by atoms with E-state index in [0.29, 0.717) is 4.90 Å². The van der Waals surface area contributed by atoms with Crippen LogP contribution in [0.15, 0.2) is 84.6 Å². The number of hydrogen-bond acceptors (Lipinski definition) is 3. The van der Waals surface area contributed by atoms with Crippen LogP contribution in [0.25, 0.3) is 0 Å². The largest absolute Gasteiger partial charge is 0.385 e. The molecular formula is C29H33ClN2O2. The van der Waals surface area contributed by atoms with Gasteiger partial charge in [-0.15, -0.1) is 0 Å². The third-order valence-corrected chi connectivity index (χ3v) is 5.51. The van der Waals surface area contributed by atoms with Crippen molar-refractivity contribution in [1.82, 2.24) is 9.80 Å². The number of piperidine rings is 1. The molecule has 1 aliphatic heterocycles. The summed E-state index contributed by atoms with van der Waals surface area (Å²) in [5.41, 5.74) is -10.6. The molecule has 0 unspecified atom stereocenters. The Morgan fingerprint density at radius 2 is 1.56 bits per heavy atom. The molecule has 3 aromatic rings. The number of rotatable bonds is 7. The highest BCUT2D eigenvalue weighted by Gasteiger charge is 2.43. The van der Waals surface area contributed by atoms with Gasteiger partial charge in [0, 0.05) is 45.8 Å². The van der Waals surface area contributed by atoms with Gasteiger partial charge in [-0.1, -0.05) is 84.1 Å². The molecule has 1 N–H and O–H groups in total. The maximum absolute atomic E-state index is 15.3. The van der Waals surface area contributed by atoms with E-state index in [2.05, 4.69) is 0 Å². The van der Waals surface area contributed by atoms with Crippen molar-refractivity contribution in [3.05, 3.63) is 106 Å². The fourth-order valence-corrected chi connectivity index (χ4v) is 3.59. The van der Waals surface area contributed by atoms with E-state index < -0.39 is 181 Å². The van der Waals surface area contributed by atoms with E-state index in [-0.39, 0.29) is 0 Å². The lowest BCUT2D eigenvalue weighted by molar-refractivity contribution is -0.133. The van der Waals surface area contributed by atoms with Crippen molar-refractivity contribution in [3.8, 4) is 0 Å². The first-order valence-electron chi connectivity index (χ1n) is 21.9.